The van der Waals surface area contributed by atoms with Gasteiger partial charge in [-0.3, -0.25) is 4.79 Å². The lowest BCUT2D eigenvalue weighted by Crippen LogP contribution is -2.11. The number of benzene rings is 2. The summed E-state index contributed by atoms with van der Waals surface area (Å²) >= 11 is 5.84. The van der Waals surface area contributed by atoms with E-state index in [4.69, 9.17) is 21.1 Å². The summed E-state index contributed by atoms with van der Waals surface area (Å²) in [4.78, 5) is 15.6. The maximum absolute atomic E-state index is 12.5. The van der Waals surface area contributed by atoms with E-state index in [1.54, 1.807) is 56.8 Å². The monoisotopic (exact) mass is 330 g/mol. The van der Waals surface area contributed by atoms with Crippen molar-refractivity contribution in [2.45, 2.75) is 0 Å². The molecule has 0 saturated heterocycles. The molecule has 0 saturated carbocycles. The summed E-state index contributed by atoms with van der Waals surface area (Å²) in [7, 11) is 3.13. The van der Waals surface area contributed by atoms with E-state index in [1.807, 2.05) is 0 Å². The van der Waals surface area contributed by atoms with Crippen molar-refractivity contribution in [1.29, 1.82) is 0 Å². The first-order chi connectivity index (χ1) is 11.1. The number of methoxy groups -OCH3 is 2. The molecule has 3 rings (SSSR count). The summed E-state index contributed by atoms with van der Waals surface area (Å²) in [5, 5.41) is 4.22. The van der Waals surface area contributed by atoms with Gasteiger partial charge in [0.05, 0.1) is 25.3 Å². The molecule has 2 N–H and O–H groups in total. The highest BCUT2D eigenvalue weighted by Crippen LogP contribution is 2.33. The number of fused-ring (bicyclic) bond motifs is 1. The number of rotatable bonds is 4. The molecular formula is C17H15ClN2O3. The molecule has 0 aliphatic rings. The minimum absolute atomic E-state index is 0.217. The first kappa shape index (κ1) is 15.2. The molecule has 0 atom stereocenters. The molecule has 0 aliphatic carbocycles. The average molecular weight is 331 g/mol. The number of aromatic nitrogens is 1. The topological polar surface area (TPSA) is 63.4 Å². The predicted octanol–water partition coefficient (Wildman–Crippen LogP) is 4.09. The van der Waals surface area contributed by atoms with Gasteiger partial charge in [-0.2, -0.15) is 0 Å². The minimum Gasteiger partial charge on any atom is -0.493 e. The number of hydrogen-bond acceptors (Lipinski definition) is 3. The fourth-order valence-electron chi connectivity index (χ4n) is 2.37. The fourth-order valence-corrected chi connectivity index (χ4v) is 2.49. The van der Waals surface area contributed by atoms with Crippen LogP contribution in [0.2, 0.25) is 5.02 Å². The van der Waals surface area contributed by atoms with E-state index in [9.17, 15) is 4.79 Å². The maximum atomic E-state index is 12.5. The van der Waals surface area contributed by atoms with Crippen molar-refractivity contribution in [3.05, 3.63) is 53.2 Å². The predicted molar refractivity (Wildman–Crippen MR) is 90.8 cm³/mol. The lowest BCUT2D eigenvalue weighted by Gasteiger charge is -2.08. The van der Waals surface area contributed by atoms with Gasteiger partial charge in [0, 0.05) is 28.4 Å². The van der Waals surface area contributed by atoms with Crippen LogP contribution in [0.5, 0.6) is 11.5 Å². The highest BCUT2D eigenvalue weighted by molar-refractivity contribution is 6.30. The van der Waals surface area contributed by atoms with Gasteiger partial charge in [0.25, 0.3) is 5.91 Å². The third-order valence-electron chi connectivity index (χ3n) is 3.53. The number of anilines is 1. The Hall–Kier alpha value is -2.66. The molecule has 2 aromatic carbocycles. The molecule has 0 bridgehead atoms. The molecule has 5 nitrogen and oxygen atoms in total. The van der Waals surface area contributed by atoms with E-state index in [-0.39, 0.29) is 5.91 Å². The zero-order valence-electron chi connectivity index (χ0n) is 12.6. The number of ether oxygens (including phenoxy) is 2. The number of H-pyrrole nitrogens is 1. The van der Waals surface area contributed by atoms with Gasteiger partial charge < -0.3 is 19.8 Å². The smallest absolute Gasteiger partial charge is 0.257 e. The number of halogens is 1. The largest absolute Gasteiger partial charge is 0.493 e. The molecule has 118 valence electrons. The van der Waals surface area contributed by atoms with Crippen molar-refractivity contribution in [3.8, 4) is 11.5 Å². The molecule has 0 aliphatic heterocycles. The SMILES string of the molecule is COc1cc2[nH]cc(C(=O)Nc3ccc(Cl)cc3)c2cc1OC. The van der Waals surface area contributed by atoms with Crippen molar-refractivity contribution in [2.24, 2.45) is 0 Å². The highest BCUT2D eigenvalue weighted by Gasteiger charge is 2.15. The third kappa shape index (κ3) is 2.96. The number of hydrogen-bond donors (Lipinski definition) is 2. The Morgan fingerprint density at radius 3 is 2.39 bits per heavy atom. The summed E-state index contributed by atoms with van der Waals surface area (Å²) in [6.07, 6.45) is 1.66. The molecule has 3 aromatic rings. The molecule has 1 amide bonds. The van der Waals surface area contributed by atoms with Crippen molar-refractivity contribution in [3.63, 3.8) is 0 Å². The Kier molecular flexibility index (Phi) is 4.12. The van der Waals surface area contributed by atoms with Crippen LogP contribution >= 0.6 is 11.6 Å². The van der Waals surface area contributed by atoms with Gasteiger partial charge in [0.1, 0.15) is 0 Å². The maximum Gasteiger partial charge on any atom is 0.257 e. The normalized spacial score (nSPS) is 10.6. The van der Waals surface area contributed by atoms with Crippen molar-refractivity contribution < 1.29 is 14.3 Å². The van der Waals surface area contributed by atoms with E-state index in [0.29, 0.717) is 27.8 Å². The quantitative estimate of drug-likeness (QED) is 0.757. The fraction of sp³-hybridized carbons (Fsp3) is 0.118. The zero-order chi connectivity index (χ0) is 16.4. The summed E-state index contributed by atoms with van der Waals surface area (Å²) < 4.78 is 10.6. The van der Waals surface area contributed by atoms with E-state index in [1.165, 1.54) is 0 Å². The molecule has 0 spiro atoms. The van der Waals surface area contributed by atoms with Gasteiger partial charge in [-0.05, 0) is 30.3 Å². The van der Waals surface area contributed by atoms with E-state index >= 15 is 0 Å². The summed E-state index contributed by atoms with van der Waals surface area (Å²) in [6.45, 7) is 0. The van der Waals surface area contributed by atoms with Gasteiger partial charge in [0.2, 0.25) is 0 Å². The lowest BCUT2D eigenvalue weighted by molar-refractivity contribution is 0.102. The van der Waals surface area contributed by atoms with Gasteiger partial charge in [-0.1, -0.05) is 11.6 Å². The number of aromatic amines is 1. The van der Waals surface area contributed by atoms with Crippen LogP contribution in [-0.2, 0) is 0 Å². The average Bonchev–Trinajstić information content (AvgIpc) is 2.98. The second-order valence-corrected chi connectivity index (χ2v) is 5.35. The van der Waals surface area contributed by atoms with Gasteiger partial charge in [-0.15, -0.1) is 0 Å². The summed E-state index contributed by atoms with van der Waals surface area (Å²) in [6, 6.07) is 10.5. The lowest BCUT2D eigenvalue weighted by atomic mass is 10.1. The van der Waals surface area contributed by atoms with Crippen LogP contribution in [0, 0.1) is 0 Å². The Morgan fingerprint density at radius 2 is 1.74 bits per heavy atom. The third-order valence-corrected chi connectivity index (χ3v) is 3.78. The number of carbonyl (C=O) groups excluding carboxylic acids is 1. The highest BCUT2D eigenvalue weighted by atomic mass is 35.5. The van der Waals surface area contributed by atoms with Gasteiger partial charge >= 0.3 is 0 Å². The molecule has 1 aromatic heterocycles. The van der Waals surface area contributed by atoms with E-state index < -0.39 is 0 Å². The molecule has 0 unspecified atom stereocenters. The molecule has 23 heavy (non-hydrogen) atoms. The van der Waals surface area contributed by atoms with Crippen LogP contribution in [0.4, 0.5) is 5.69 Å². The Labute approximate surface area is 138 Å². The van der Waals surface area contributed by atoms with Crippen LogP contribution in [0.15, 0.2) is 42.6 Å². The minimum atomic E-state index is -0.217. The zero-order valence-corrected chi connectivity index (χ0v) is 13.4. The first-order valence-electron chi connectivity index (χ1n) is 6.92. The Balaban J connectivity index is 1.95. The number of amides is 1. The van der Waals surface area contributed by atoms with Crippen LogP contribution in [0.3, 0.4) is 0 Å². The standard InChI is InChI=1S/C17H15ClN2O3/c1-22-15-7-12-13(9-19-14(12)8-16(15)23-2)17(21)20-11-5-3-10(18)4-6-11/h3-9,19H,1-2H3,(H,20,21). The second-order valence-electron chi connectivity index (χ2n) is 4.92. The van der Waals surface area contributed by atoms with Crippen LogP contribution in [0.25, 0.3) is 10.9 Å². The second kappa shape index (κ2) is 6.22. The Morgan fingerprint density at radius 1 is 1.09 bits per heavy atom. The summed E-state index contributed by atoms with van der Waals surface area (Å²) in [5.74, 6) is 0.956. The molecular weight excluding hydrogens is 316 g/mol. The molecule has 0 fully saturated rings. The van der Waals surface area contributed by atoms with Gasteiger partial charge in [0.15, 0.2) is 11.5 Å². The van der Waals surface area contributed by atoms with Crippen molar-refractivity contribution in [2.75, 3.05) is 19.5 Å². The molecule has 0 radical (unpaired) electrons. The first-order valence-corrected chi connectivity index (χ1v) is 7.30. The number of carbonyl (C=O) groups is 1. The molecule has 6 heteroatoms. The van der Waals surface area contributed by atoms with Crippen molar-refractivity contribution >= 4 is 34.1 Å². The van der Waals surface area contributed by atoms with Crippen LogP contribution in [-0.4, -0.2) is 25.1 Å². The van der Waals surface area contributed by atoms with Crippen molar-refractivity contribution in [1.82, 2.24) is 4.98 Å². The summed E-state index contributed by atoms with van der Waals surface area (Å²) in [5.41, 5.74) is 1.99. The van der Waals surface area contributed by atoms with E-state index in [0.717, 1.165) is 10.9 Å². The van der Waals surface area contributed by atoms with Gasteiger partial charge in [-0.25, -0.2) is 0 Å². The molecule has 1 heterocycles. The van der Waals surface area contributed by atoms with E-state index in [2.05, 4.69) is 10.3 Å². The number of nitrogens with one attached hydrogen (secondary N) is 2. The van der Waals surface area contributed by atoms with Crippen LogP contribution < -0.4 is 14.8 Å². The van der Waals surface area contributed by atoms with Crippen LogP contribution in [0.1, 0.15) is 10.4 Å². The Bertz CT molecular complexity index is 856.